The number of rotatable bonds is 6. The van der Waals surface area contributed by atoms with Gasteiger partial charge in [-0.15, -0.1) is 11.3 Å². The second-order valence-electron chi connectivity index (χ2n) is 5.16. The molecule has 0 fully saturated rings. The number of benzene rings is 1. The van der Waals surface area contributed by atoms with Crippen LogP contribution >= 0.6 is 23.6 Å². The molecule has 0 saturated carbocycles. The molecule has 1 aromatic carbocycles. The molecule has 24 heavy (non-hydrogen) atoms. The Labute approximate surface area is 148 Å². The maximum Gasteiger partial charge on any atom is 0.330 e. The first-order valence-electron chi connectivity index (χ1n) is 7.19. The first-order chi connectivity index (χ1) is 11.5. The Hall–Kier alpha value is -2.03. The predicted octanol–water partition coefficient (Wildman–Crippen LogP) is 1.90. The van der Waals surface area contributed by atoms with E-state index in [-0.39, 0.29) is 6.54 Å². The Kier molecular flexibility index (Phi) is 6.24. The molecule has 0 radical (unpaired) electrons. The van der Waals surface area contributed by atoms with E-state index in [9.17, 15) is 14.7 Å². The van der Waals surface area contributed by atoms with Gasteiger partial charge in [0.05, 0.1) is 19.4 Å². The van der Waals surface area contributed by atoms with Gasteiger partial charge in [0.25, 0.3) is 0 Å². The van der Waals surface area contributed by atoms with Crippen molar-refractivity contribution in [1.29, 1.82) is 0 Å². The Balaban J connectivity index is 2.19. The summed E-state index contributed by atoms with van der Waals surface area (Å²) in [5.41, 5.74) is 2.92. The van der Waals surface area contributed by atoms with Crippen molar-refractivity contribution >= 4 is 35.4 Å². The predicted molar refractivity (Wildman–Crippen MR) is 94.3 cm³/mol. The maximum absolute atomic E-state index is 12.2. The van der Waals surface area contributed by atoms with Gasteiger partial charge in [-0.3, -0.25) is 4.79 Å². The normalized spacial score (nSPS) is 11.8. The van der Waals surface area contributed by atoms with E-state index in [1.165, 1.54) is 18.4 Å². The molecule has 6 nitrogen and oxygen atoms in total. The molecule has 0 aliphatic rings. The highest BCUT2D eigenvalue weighted by molar-refractivity contribution is 7.73. The molecule has 0 aliphatic heterocycles. The van der Waals surface area contributed by atoms with Crippen LogP contribution in [0.15, 0.2) is 29.6 Å². The van der Waals surface area contributed by atoms with Crippen LogP contribution in [0, 0.1) is 10.9 Å². The van der Waals surface area contributed by atoms with Crippen molar-refractivity contribution in [1.82, 2.24) is 9.88 Å². The van der Waals surface area contributed by atoms with Crippen LogP contribution in [-0.4, -0.2) is 41.3 Å². The summed E-state index contributed by atoms with van der Waals surface area (Å²) < 4.78 is 6.78. The number of nitrogens with zero attached hydrogens (tertiary/aromatic N) is 1. The van der Waals surface area contributed by atoms with Crippen LogP contribution in [0.25, 0.3) is 11.3 Å². The molecule has 0 bridgehead atoms. The van der Waals surface area contributed by atoms with Gasteiger partial charge in [-0.2, -0.15) is 0 Å². The highest BCUT2D eigenvalue weighted by Crippen LogP contribution is 2.24. The van der Waals surface area contributed by atoms with Crippen molar-refractivity contribution in [3.63, 3.8) is 0 Å². The van der Waals surface area contributed by atoms with Crippen LogP contribution in [0.4, 0.5) is 0 Å². The first-order valence-corrected chi connectivity index (χ1v) is 8.48. The third-order valence-electron chi connectivity index (χ3n) is 3.44. The van der Waals surface area contributed by atoms with Crippen molar-refractivity contribution < 1.29 is 19.4 Å². The third kappa shape index (κ3) is 4.28. The zero-order valence-corrected chi connectivity index (χ0v) is 14.9. The van der Waals surface area contributed by atoms with Crippen LogP contribution in [0.1, 0.15) is 5.56 Å². The summed E-state index contributed by atoms with van der Waals surface area (Å²) in [6.07, 6.45) is 0. The van der Waals surface area contributed by atoms with Crippen LogP contribution in [-0.2, 0) is 20.9 Å². The molecule has 0 spiro atoms. The lowest BCUT2D eigenvalue weighted by molar-refractivity contribution is -0.146. The number of thiazole rings is 1. The molecule has 1 atom stereocenters. The van der Waals surface area contributed by atoms with Gasteiger partial charge in [0.15, 0.2) is 10.00 Å². The monoisotopic (exact) mass is 366 g/mol. The van der Waals surface area contributed by atoms with E-state index in [1.807, 2.05) is 36.6 Å². The Morgan fingerprint density at radius 3 is 2.62 bits per heavy atom. The van der Waals surface area contributed by atoms with Crippen LogP contribution in [0.3, 0.4) is 0 Å². The van der Waals surface area contributed by atoms with Crippen LogP contribution in [0.5, 0.6) is 0 Å². The highest BCUT2D eigenvalue weighted by atomic mass is 32.1. The molecule has 0 saturated heterocycles. The number of carbonyl (C=O) groups is 2. The van der Waals surface area contributed by atoms with Crippen molar-refractivity contribution in [2.75, 3.05) is 13.7 Å². The number of aliphatic hydroxyl groups is 1. The first kappa shape index (κ1) is 18.3. The molecule has 0 aliphatic carbocycles. The Morgan fingerprint density at radius 1 is 1.38 bits per heavy atom. The molecule has 128 valence electrons. The van der Waals surface area contributed by atoms with Gasteiger partial charge < -0.3 is 19.7 Å². The number of carbonyl (C=O) groups excluding carboxylic acids is 2. The molecular formula is C16H18N2O4S2. The molecule has 2 rings (SSSR count). The summed E-state index contributed by atoms with van der Waals surface area (Å²) in [7, 11) is 1.20. The number of esters is 1. The second-order valence-corrected chi connectivity index (χ2v) is 6.67. The zero-order valence-electron chi connectivity index (χ0n) is 13.3. The lowest BCUT2D eigenvalue weighted by atomic mass is 10.1. The van der Waals surface area contributed by atoms with E-state index >= 15 is 0 Å². The molecule has 1 amide bonds. The van der Waals surface area contributed by atoms with Crippen molar-refractivity contribution in [2.45, 2.75) is 19.5 Å². The van der Waals surface area contributed by atoms with Gasteiger partial charge in [-0.1, -0.05) is 29.8 Å². The SMILES string of the molecule is COC(=O)[C@@H](CO)NC(=O)Cn1c(-c2ccc(C)cc2)csc1=S. The smallest absolute Gasteiger partial charge is 0.330 e. The van der Waals surface area contributed by atoms with E-state index < -0.39 is 24.5 Å². The summed E-state index contributed by atoms with van der Waals surface area (Å²) in [4.78, 5) is 23.6. The number of amides is 1. The molecule has 1 heterocycles. The summed E-state index contributed by atoms with van der Waals surface area (Å²) in [6, 6.07) is 6.81. The van der Waals surface area contributed by atoms with Crippen molar-refractivity contribution in [3.8, 4) is 11.3 Å². The average Bonchev–Trinajstić information content (AvgIpc) is 2.93. The number of aliphatic hydroxyl groups excluding tert-OH is 1. The fraction of sp³-hybridized carbons (Fsp3) is 0.312. The van der Waals surface area contributed by atoms with Crippen molar-refractivity contribution in [3.05, 3.63) is 39.2 Å². The van der Waals surface area contributed by atoms with E-state index in [4.69, 9.17) is 12.2 Å². The van der Waals surface area contributed by atoms with Gasteiger partial charge in [0.1, 0.15) is 6.54 Å². The van der Waals surface area contributed by atoms with E-state index in [1.54, 1.807) is 4.57 Å². The lowest BCUT2D eigenvalue weighted by Crippen LogP contribution is -2.45. The van der Waals surface area contributed by atoms with Gasteiger partial charge in [0.2, 0.25) is 5.91 Å². The second kappa shape index (κ2) is 8.18. The number of aryl methyl sites for hydroxylation is 1. The standard InChI is InChI=1S/C16H18N2O4S2/c1-10-3-5-11(6-4-10)13-9-24-16(23)18(13)7-14(20)17-12(8-19)15(21)22-2/h3-6,9,12,19H,7-8H2,1-2H3,(H,17,20)/t12-/m1/s1. The van der Waals surface area contributed by atoms with Gasteiger partial charge in [-0.05, 0) is 24.7 Å². The number of hydrogen-bond acceptors (Lipinski definition) is 6. The maximum atomic E-state index is 12.2. The summed E-state index contributed by atoms with van der Waals surface area (Å²) in [5.74, 6) is -1.12. The van der Waals surface area contributed by atoms with E-state index in [2.05, 4.69) is 10.1 Å². The van der Waals surface area contributed by atoms with Gasteiger partial charge in [-0.25, -0.2) is 4.79 Å². The molecule has 0 unspecified atom stereocenters. The zero-order chi connectivity index (χ0) is 17.7. The Morgan fingerprint density at radius 2 is 2.04 bits per heavy atom. The van der Waals surface area contributed by atoms with E-state index in [0.29, 0.717) is 3.95 Å². The largest absolute Gasteiger partial charge is 0.467 e. The molecule has 8 heteroatoms. The van der Waals surface area contributed by atoms with Gasteiger partial charge >= 0.3 is 5.97 Å². The molecule has 2 aromatic rings. The molecule has 1 aromatic heterocycles. The lowest BCUT2D eigenvalue weighted by Gasteiger charge is -2.15. The number of methoxy groups -OCH3 is 1. The number of aromatic nitrogens is 1. The molecular weight excluding hydrogens is 348 g/mol. The number of nitrogens with one attached hydrogen (secondary N) is 1. The number of ether oxygens (including phenoxy) is 1. The topological polar surface area (TPSA) is 80.6 Å². The average molecular weight is 366 g/mol. The fourth-order valence-electron chi connectivity index (χ4n) is 2.13. The Bertz CT molecular complexity index is 780. The van der Waals surface area contributed by atoms with Crippen LogP contribution < -0.4 is 5.32 Å². The quantitative estimate of drug-likeness (QED) is 0.603. The molecule has 2 N–H and O–H groups in total. The summed E-state index contributed by atoms with van der Waals surface area (Å²) in [5, 5.41) is 13.5. The minimum atomic E-state index is -1.09. The summed E-state index contributed by atoms with van der Waals surface area (Å²) in [6.45, 7) is 1.43. The summed E-state index contributed by atoms with van der Waals surface area (Å²) >= 11 is 6.66. The highest BCUT2D eigenvalue weighted by Gasteiger charge is 2.21. The minimum absolute atomic E-state index is 0.0426. The third-order valence-corrected chi connectivity index (χ3v) is 4.71. The van der Waals surface area contributed by atoms with Crippen molar-refractivity contribution in [2.24, 2.45) is 0 Å². The van der Waals surface area contributed by atoms with Crippen LogP contribution in [0.2, 0.25) is 0 Å². The van der Waals surface area contributed by atoms with Gasteiger partial charge in [0, 0.05) is 5.38 Å². The fourth-order valence-corrected chi connectivity index (χ4v) is 3.21. The number of hydrogen-bond donors (Lipinski definition) is 2. The minimum Gasteiger partial charge on any atom is -0.467 e. The van der Waals surface area contributed by atoms with E-state index in [0.717, 1.165) is 16.8 Å².